The Labute approximate surface area is 190 Å². The van der Waals surface area contributed by atoms with Crippen molar-refractivity contribution in [3.05, 3.63) is 0 Å². The maximum Gasteiger partial charge on any atom is 0.323 e. The van der Waals surface area contributed by atoms with Gasteiger partial charge in [-0.05, 0) is 46.0 Å². The highest BCUT2D eigenvalue weighted by Gasteiger charge is 2.54. The fourth-order valence-corrected chi connectivity index (χ4v) is 7.34. The summed E-state index contributed by atoms with van der Waals surface area (Å²) in [7, 11) is -3.44. The van der Waals surface area contributed by atoms with Crippen molar-refractivity contribution in [2.75, 3.05) is 39.4 Å². The summed E-state index contributed by atoms with van der Waals surface area (Å²) in [5, 5.41) is -0.498. The number of nitrogens with zero attached hydrogens (tertiary/aromatic N) is 3. The highest BCUT2D eigenvalue weighted by molar-refractivity contribution is 7.90. The first-order valence-electron chi connectivity index (χ1n) is 11.8. The normalized spacial score (nSPS) is 37.7. The molecule has 12 heteroatoms. The van der Waals surface area contributed by atoms with Gasteiger partial charge in [-0.1, -0.05) is 0 Å². The van der Waals surface area contributed by atoms with Gasteiger partial charge in [0.2, 0.25) is 16.4 Å². The number of nitrogens with one attached hydrogen (secondary N) is 3. The zero-order valence-electron chi connectivity index (χ0n) is 19.0. The summed E-state index contributed by atoms with van der Waals surface area (Å²) in [6.07, 6.45) is 2.60. The number of urea groups is 1. The van der Waals surface area contributed by atoms with Crippen molar-refractivity contribution in [2.24, 2.45) is 0 Å². The van der Waals surface area contributed by atoms with Crippen molar-refractivity contribution in [1.29, 1.82) is 0 Å². The molecule has 5 fully saturated rings. The lowest BCUT2D eigenvalue weighted by molar-refractivity contribution is -0.0488. The van der Waals surface area contributed by atoms with Gasteiger partial charge in [0.15, 0.2) is 0 Å². The van der Waals surface area contributed by atoms with Gasteiger partial charge in [-0.15, -0.1) is 0 Å². The van der Waals surface area contributed by atoms with Gasteiger partial charge in [0.25, 0.3) is 0 Å². The first-order valence-corrected chi connectivity index (χ1v) is 13.4. The molecule has 3 heterocycles. The van der Waals surface area contributed by atoms with Crippen molar-refractivity contribution in [2.45, 2.75) is 81.4 Å². The molecule has 2 amide bonds. The molecule has 11 nitrogen and oxygen atoms in total. The molecule has 0 radical (unpaired) electrons. The van der Waals surface area contributed by atoms with E-state index in [0.29, 0.717) is 25.8 Å². The standard InChI is InChI=1S/C20H36N6O5S/c1-14-21-22-18(31-14)26-17-13-15(32(28,29)23-20(2)5-6-20)3-4-16(17)25(19(26)27)8-7-24-9-11-30-12-10-24/h14-18,21-23H,3-13H2,1-2H3. The summed E-state index contributed by atoms with van der Waals surface area (Å²) in [5.41, 5.74) is 5.77. The number of sulfonamides is 1. The third-order valence-corrected chi connectivity index (χ3v) is 9.62. The van der Waals surface area contributed by atoms with Crippen molar-refractivity contribution in [3.8, 4) is 0 Å². The summed E-state index contributed by atoms with van der Waals surface area (Å²) in [6, 6.07) is -0.297. The Kier molecular flexibility index (Phi) is 6.14. The quantitative estimate of drug-likeness (QED) is 0.457. The van der Waals surface area contributed by atoms with Crippen molar-refractivity contribution in [1.82, 2.24) is 30.3 Å². The molecule has 2 aliphatic carbocycles. The number of ether oxygens (including phenoxy) is 2. The van der Waals surface area contributed by atoms with E-state index in [1.165, 1.54) is 0 Å². The van der Waals surface area contributed by atoms with Crippen LogP contribution < -0.4 is 15.6 Å². The predicted molar refractivity (Wildman–Crippen MR) is 117 cm³/mol. The van der Waals surface area contributed by atoms with Crippen LogP contribution in [0.3, 0.4) is 0 Å². The van der Waals surface area contributed by atoms with Crippen LogP contribution in [0.4, 0.5) is 4.79 Å². The minimum Gasteiger partial charge on any atom is -0.379 e. The lowest BCUT2D eigenvalue weighted by atomic mass is 9.89. The van der Waals surface area contributed by atoms with E-state index >= 15 is 0 Å². The van der Waals surface area contributed by atoms with Crippen LogP contribution in [0.15, 0.2) is 0 Å². The number of amides is 2. The largest absolute Gasteiger partial charge is 0.379 e. The van der Waals surface area contributed by atoms with Gasteiger partial charge in [-0.3, -0.25) is 9.80 Å². The Balaban J connectivity index is 1.32. The van der Waals surface area contributed by atoms with Gasteiger partial charge < -0.3 is 14.4 Å². The zero-order chi connectivity index (χ0) is 22.5. The Hall–Kier alpha value is -1.02. The second kappa shape index (κ2) is 8.64. The Bertz CT molecular complexity index is 817. The van der Waals surface area contributed by atoms with Gasteiger partial charge in [0, 0.05) is 31.7 Å². The monoisotopic (exact) mass is 472 g/mol. The highest BCUT2D eigenvalue weighted by Crippen LogP contribution is 2.40. The fraction of sp³-hybridized carbons (Fsp3) is 0.950. The number of carbonyl (C=O) groups excluding carboxylic acids is 1. The molecule has 5 rings (SSSR count). The molecular formula is C20H36N6O5S. The molecule has 3 saturated heterocycles. The number of hydrogen-bond donors (Lipinski definition) is 3. The van der Waals surface area contributed by atoms with Gasteiger partial charge in [0.05, 0.1) is 30.5 Å². The topological polar surface area (TPSA) is 115 Å². The molecule has 182 valence electrons. The predicted octanol–water partition coefficient (Wildman–Crippen LogP) is -0.428. The van der Waals surface area contributed by atoms with E-state index in [9.17, 15) is 13.2 Å². The summed E-state index contributed by atoms with van der Waals surface area (Å²) in [5.74, 6) is 0. The number of fused-ring (bicyclic) bond motifs is 1. The van der Waals surface area contributed by atoms with Crippen molar-refractivity contribution < 1.29 is 22.7 Å². The molecule has 0 aromatic rings. The Morgan fingerprint density at radius 3 is 2.53 bits per heavy atom. The van der Waals surface area contributed by atoms with Crippen molar-refractivity contribution >= 4 is 16.1 Å². The molecular weight excluding hydrogens is 436 g/mol. The minimum absolute atomic E-state index is 0.00666. The van der Waals surface area contributed by atoms with Crippen LogP contribution in [-0.2, 0) is 19.5 Å². The number of morpholine rings is 1. The minimum atomic E-state index is -3.44. The lowest BCUT2D eigenvalue weighted by Crippen LogP contribution is -2.54. The van der Waals surface area contributed by atoms with Crippen molar-refractivity contribution in [3.63, 3.8) is 0 Å². The first kappa shape index (κ1) is 22.8. The molecule has 3 N–H and O–H groups in total. The lowest BCUT2D eigenvalue weighted by Gasteiger charge is -2.37. The maximum atomic E-state index is 13.5. The van der Waals surface area contributed by atoms with Crippen LogP contribution in [0.25, 0.3) is 0 Å². The summed E-state index contributed by atoms with van der Waals surface area (Å²) in [4.78, 5) is 19.5. The summed E-state index contributed by atoms with van der Waals surface area (Å²) < 4.78 is 40.4. The molecule has 0 bridgehead atoms. The van der Waals surface area contributed by atoms with Crippen LogP contribution in [0.2, 0.25) is 0 Å². The van der Waals surface area contributed by atoms with Crippen LogP contribution in [0.1, 0.15) is 46.0 Å². The molecule has 32 heavy (non-hydrogen) atoms. The van der Waals surface area contributed by atoms with E-state index in [1.807, 2.05) is 18.7 Å². The van der Waals surface area contributed by atoms with Gasteiger partial charge in [-0.2, -0.15) is 0 Å². The Morgan fingerprint density at radius 2 is 1.88 bits per heavy atom. The van der Waals surface area contributed by atoms with E-state index in [0.717, 1.165) is 45.7 Å². The average Bonchev–Trinajstić information content (AvgIpc) is 3.20. The SMILES string of the molecule is CC1NNC(N2C(=O)N(CCN3CCOCC3)C3CCC(S(=O)(=O)NC4(C)CC4)CC32)O1. The highest BCUT2D eigenvalue weighted by atomic mass is 32.2. The molecule has 0 aromatic heterocycles. The van der Waals surface area contributed by atoms with Crippen LogP contribution in [-0.4, -0.2) is 104 Å². The third-order valence-electron chi connectivity index (χ3n) is 7.54. The summed E-state index contributed by atoms with van der Waals surface area (Å²) >= 11 is 0. The second-order valence-corrected chi connectivity index (χ2v) is 12.0. The smallest absolute Gasteiger partial charge is 0.323 e. The van der Waals surface area contributed by atoms with E-state index in [4.69, 9.17) is 9.47 Å². The number of hydrazine groups is 1. The van der Waals surface area contributed by atoms with Crippen LogP contribution >= 0.6 is 0 Å². The van der Waals surface area contributed by atoms with E-state index in [2.05, 4.69) is 20.5 Å². The molecule has 5 unspecified atom stereocenters. The number of carbonyl (C=O) groups is 1. The average molecular weight is 473 g/mol. The van der Waals surface area contributed by atoms with Gasteiger partial charge in [-0.25, -0.2) is 28.8 Å². The molecule has 0 aromatic carbocycles. The fourth-order valence-electron chi connectivity index (χ4n) is 5.38. The van der Waals surface area contributed by atoms with Gasteiger partial charge >= 0.3 is 6.03 Å². The molecule has 2 saturated carbocycles. The van der Waals surface area contributed by atoms with Gasteiger partial charge in [0.1, 0.15) is 6.23 Å². The van der Waals surface area contributed by atoms with E-state index < -0.39 is 21.6 Å². The zero-order valence-corrected chi connectivity index (χ0v) is 19.8. The molecule has 3 aliphatic heterocycles. The number of hydrogen-bond acceptors (Lipinski definition) is 8. The molecule has 0 spiro atoms. The number of rotatable bonds is 7. The van der Waals surface area contributed by atoms with Crippen LogP contribution in [0.5, 0.6) is 0 Å². The second-order valence-electron chi connectivity index (χ2n) is 10.0. The van der Waals surface area contributed by atoms with E-state index in [1.54, 1.807) is 4.90 Å². The van der Waals surface area contributed by atoms with E-state index in [-0.39, 0.29) is 29.9 Å². The molecule has 5 aliphatic rings. The third kappa shape index (κ3) is 4.50. The summed E-state index contributed by atoms with van der Waals surface area (Å²) in [6.45, 7) is 8.44. The maximum absolute atomic E-state index is 13.5. The van der Waals surface area contributed by atoms with Crippen LogP contribution in [0, 0.1) is 0 Å². The Morgan fingerprint density at radius 1 is 1.12 bits per heavy atom. The molecule has 5 atom stereocenters. The first-order chi connectivity index (χ1) is 15.3.